The Bertz CT molecular complexity index is 1600. The highest BCUT2D eigenvalue weighted by Gasteiger charge is 2.69. The molecule has 0 spiro atoms. The Morgan fingerprint density at radius 1 is 0.776 bits per heavy atom. The molecule has 14 nitrogen and oxygen atoms in total. The Balaban J connectivity index is 1.15. The van der Waals surface area contributed by atoms with E-state index in [9.17, 15) is 45.3 Å². The molecule has 2 heterocycles. The summed E-state index contributed by atoms with van der Waals surface area (Å²) >= 11 is 0. The number of amides is 1. The third-order valence-electron chi connectivity index (χ3n) is 17.7. The molecule has 0 aromatic rings. The standard InChI is InChI=1S/C44H71NO13/c1-22(48)45-30-35(58-37-34(52)33(51)31(49)25(20-46)56-37)32(50)26(21-47)55-36(30)57-29-12-13-41(6)27(40(29,4)5)11-14-43(8)28(41)10-9-23-24-19-39(2,3)15-17-44(24,38(53)54)18-16-42(23,43)7/h9,24-37,46-47,49-52H,10-21H2,1-8H3,(H,45,48)(H,53,54)/t24?,25-,26-,27?,28?,29+,30-,31+,32-,33+,34-,35-,36+,37+,41+,42-,43-,44+/m1/s1. The molecule has 330 valence electrons. The summed E-state index contributed by atoms with van der Waals surface area (Å²) in [5, 5.41) is 76.6. The van der Waals surface area contributed by atoms with Crippen molar-refractivity contribution in [2.45, 2.75) is 187 Å². The first-order valence-electron chi connectivity index (χ1n) is 21.8. The molecule has 18 atom stereocenters. The number of hydrogen-bond acceptors (Lipinski definition) is 12. The van der Waals surface area contributed by atoms with Gasteiger partial charge in [-0.2, -0.15) is 0 Å². The fraction of sp³-hybridized carbons (Fsp3) is 0.909. The monoisotopic (exact) mass is 821 g/mol. The number of carboxylic acids is 1. The van der Waals surface area contributed by atoms with Gasteiger partial charge in [0.25, 0.3) is 0 Å². The van der Waals surface area contributed by atoms with Gasteiger partial charge in [-0.15, -0.1) is 0 Å². The van der Waals surface area contributed by atoms with Crippen LogP contribution < -0.4 is 5.32 Å². The van der Waals surface area contributed by atoms with Crippen LogP contribution in [-0.4, -0.2) is 128 Å². The van der Waals surface area contributed by atoms with E-state index in [1.807, 2.05) is 0 Å². The Hall–Kier alpha value is -1.72. The van der Waals surface area contributed by atoms with E-state index < -0.39 is 91.9 Å². The van der Waals surface area contributed by atoms with Crippen molar-refractivity contribution in [3.8, 4) is 0 Å². The largest absolute Gasteiger partial charge is 0.481 e. The molecule has 5 aliphatic carbocycles. The summed E-state index contributed by atoms with van der Waals surface area (Å²) in [5.41, 5.74) is 0.206. The number of aliphatic hydroxyl groups excluding tert-OH is 6. The lowest BCUT2D eigenvalue weighted by Crippen LogP contribution is -2.69. The Morgan fingerprint density at radius 2 is 1.41 bits per heavy atom. The molecular formula is C44H71NO13. The predicted octanol–water partition coefficient (Wildman–Crippen LogP) is 3.03. The van der Waals surface area contributed by atoms with Crippen molar-refractivity contribution >= 4 is 11.9 Å². The molecule has 2 aliphatic heterocycles. The van der Waals surface area contributed by atoms with Gasteiger partial charge >= 0.3 is 5.97 Å². The zero-order valence-corrected chi connectivity index (χ0v) is 35.7. The minimum atomic E-state index is -1.76. The number of aliphatic carboxylic acids is 1. The van der Waals surface area contributed by atoms with Crippen molar-refractivity contribution in [3.05, 3.63) is 11.6 Å². The first-order chi connectivity index (χ1) is 27.0. The molecule has 0 aromatic carbocycles. The van der Waals surface area contributed by atoms with Crippen LogP contribution in [0.5, 0.6) is 0 Å². The van der Waals surface area contributed by atoms with Crippen LogP contribution in [0.3, 0.4) is 0 Å². The van der Waals surface area contributed by atoms with Crippen LogP contribution in [0.15, 0.2) is 11.6 Å². The van der Waals surface area contributed by atoms with E-state index in [0.717, 1.165) is 51.4 Å². The van der Waals surface area contributed by atoms with Crippen LogP contribution in [0.4, 0.5) is 0 Å². The number of ether oxygens (including phenoxy) is 4. The Labute approximate surface area is 343 Å². The molecule has 0 radical (unpaired) electrons. The first kappa shape index (κ1) is 44.3. The lowest BCUT2D eigenvalue weighted by Gasteiger charge is -2.71. The summed E-state index contributed by atoms with van der Waals surface area (Å²) in [7, 11) is 0. The molecule has 8 N–H and O–H groups in total. The van der Waals surface area contributed by atoms with E-state index >= 15 is 0 Å². The van der Waals surface area contributed by atoms with Crippen molar-refractivity contribution in [2.24, 2.45) is 50.2 Å². The molecule has 58 heavy (non-hydrogen) atoms. The molecule has 1 amide bonds. The highest BCUT2D eigenvalue weighted by molar-refractivity contribution is 5.76. The zero-order chi connectivity index (χ0) is 42.5. The number of hydrogen-bond donors (Lipinski definition) is 8. The maximum absolute atomic E-state index is 13.1. The third-order valence-corrected chi connectivity index (χ3v) is 17.7. The average Bonchev–Trinajstić information content (AvgIpc) is 3.14. The van der Waals surface area contributed by atoms with E-state index in [0.29, 0.717) is 18.8 Å². The number of carbonyl (C=O) groups excluding carboxylic acids is 1. The van der Waals surface area contributed by atoms with Crippen molar-refractivity contribution < 1.29 is 64.3 Å². The highest BCUT2D eigenvalue weighted by Crippen LogP contribution is 2.76. The summed E-state index contributed by atoms with van der Waals surface area (Å²) in [5.74, 6) is -0.454. The summed E-state index contributed by atoms with van der Waals surface area (Å²) in [6.07, 6.45) is -2.61. The lowest BCUT2D eigenvalue weighted by atomic mass is 9.33. The molecule has 14 heteroatoms. The second-order valence-corrected chi connectivity index (χ2v) is 21.4. The number of allylic oxidation sites excluding steroid dienone is 2. The fourth-order valence-electron chi connectivity index (χ4n) is 14.1. The Kier molecular flexibility index (Phi) is 11.7. The minimum Gasteiger partial charge on any atom is -0.481 e. The third kappa shape index (κ3) is 6.73. The van der Waals surface area contributed by atoms with Crippen LogP contribution in [0.2, 0.25) is 0 Å². The lowest BCUT2D eigenvalue weighted by molar-refractivity contribution is -0.353. The molecule has 7 aliphatic rings. The molecule has 7 rings (SSSR count). The average molecular weight is 822 g/mol. The van der Waals surface area contributed by atoms with Gasteiger partial charge in [0.15, 0.2) is 12.6 Å². The number of carbonyl (C=O) groups is 2. The van der Waals surface area contributed by atoms with Crippen LogP contribution >= 0.6 is 0 Å². The van der Waals surface area contributed by atoms with E-state index in [1.165, 1.54) is 12.5 Å². The van der Waals surface area contributed by atoms with Gasteiger partial charge in [0, 0.05) is 6.92 Å². The van der Waals surface area contributed by atoms with Crippen LogP contribution in [0, 0.1) is 50.2 Å². The number of nitrogens with one attached hydrogen (secondary N) is 1. The van der Waals surface area contributed by atoms with Crippen LogP contribution in [0.1, 0.15) is 120 Å². The quantitative estimate of drug-likeness (QED) is 0.130. The number of carboxylic acid groups (broad SMARTS) is 1. The van der Waals surface area contributed by atoms with Gasteiger partial charge in [0.1, 0.15) is 48.8 Å². The van der Waals surface area contributed by atoms with Gasteiger partial charge in [0.05, 0.1) is 24.7 Å². The second-order valence-electron chi connectivity index (χ2n) is 21.4. The van der Waals surface area contributed by atoms with E-state index in [4.69, 9.17) is 18.9 Å². The highest BCUT2D eigenvalue weighted by atomic mass is 16.7. The maximum atomic E-state index is 13.1. The summed E-state index contributed by atoms with van der Waals surface area (Å²) in [6.45, 7) is 16.5. The molecule has 6 fully saturated rings. The van der Waals surface area contributed by atoms with Crippen LogP contribution in [-0.2, 0) is 28.5 Å². The number of rotatable bonds is 8. The SMILES string of the molecule is CC(=O)N[C@H]1[C@H](O[C@H]2CC[C@@]3(C)C(CC[C@]4(C)C3CC=C3C5CC(C)(C)CC[C@]5(C(=O)O)CC[C@]34C)C2(C)C)O[C@H](CO)[C@@H](O)[C@@H]1O[C@@H]1O[C@H](CO)[C@H](O)[C@H](O)[C@H]1O. The molecule has 3 unspecified atom stereocenters. The summed E-state index contributed by atoms with van der Waals surface area (Å²) in [6, 6.07) is -1.14. The van der Waals surface area contributed by atoms with Gasteiger partial charge in [-0.25, -0.2) is 0 Å². The smallest absolute Gasteiger partial charge is 0.310 e. The van der Waals surface area contributed by atoms with Gasteiger partial charge in [-0.05, 0) is 109 Å². The van der Waals surface area contributed by atoms with E-state index in [-0.39, 0.29) is 45.0 Å². The van der Waals surface area contributed by atoms with Gasteiger partial charge in [0.2, 0.25) is 5.91 Å². The van der Waals surface area contributed by atoms with Crippen molar-refractivity contribution in [2.75, 3.05) is 13.2 Å². The van der Waals surface area contributed by atoms with Crippen molar-refractivity contribution in [1.29, 1.82) is 0 Å². The molecular weight excluding hydrogens is 750 g/mol. The first-order valence-corrected chi connectivity index (χ1v) is 21.8. The topological polar surface area (TPSA) is 225 Å². The number of aliphatic hydroxyl groups is 6. The molecule has 2 saturated heterocycles. The normalized spacial score (nSPS) is 50.9. The zero-order valence-electron chi connectivity index (χ0n) is 35.7. The second kappa shape index (κ2) is 15.3. The molecule has 4 saturated carbocycles. The summed E-state index contributed by atoms with van der Waals surface area (Å²) in [4.78, 5) is 25.8. The van der Waals surface area contributed by atoms with Gasteiger partial charge in [-0.3, -0.25) is 9.59 Å². The fourth-order valence-corrected chi connectivity index (χ4v) is 14.1. The number of fused-ring (bicyclic) bond motifs is 7. The minimum absolute atomic E-state index is 0.0270. The predicted molar refractivity (Wildman–Crippen MR) is 210 cm³/mol. The molecule has 0 aromatic heterocycles. The van der Waals surface area contributed by atoms with Crippen molar-refractivity contribution in [3.63, 3.8) is 0 Å². The van der Waals surface area contributed by atoms with Gasteiger partial charge < -0.3 is 60.0 Å². The Morgan fingerprint density at radius 3 is 2.05 bits per heavy atom. The maximum Gasteiger partial charge on any atom is 0.310 e. The van der Waals surface area contributed by atoms with E-state index in [1.54, 1.807) is 0 Å². The van der Waals surface area contributed by atoms with Crippen LogP contribution in [0.25, 0.3) is 0 Å². The summed E-state index contributed by atoms with van der Waals surface area (Å²) < 4.78 is 24.8. The van der Waals surface area contributed by atoms with Crippen molar-refractivity contribution in [1.82, 2.24) is 5.32 Å². The van der Waals surface area contributed by atoms with E-state index in [2.05, 4.69) is 59.9 Å². The van der Waals surface area contributed by atoms with Gasteiger partial charge in [-0.1, -0.05) is 60.1 Å². The molecule has 0 bridgehead atoms.